The second-order valence-electron chi connectivity index (χ2n) is 7.38. The molecule has 3 heterocycles. The molecule has 0 atom stereocenters. The summed E-state index contributed by atoms with van der Waals surface area (Å²) >= 11 is 6.83. The lowest BCUT2D eigenvalue weighted by atomic mass is 10.1. The second-order valence-corrected chi connectivity index (χ2v) is 9.06. The van der Waals surface area contributed by atoms with E-state index in [2.05, 4.69) is 24.8 Å². The highest BCUT2D eigenvalue weighted by Gasteiger charge is 2.32. The van der Waals surface area contributed by atoms with Crippen molar-refractivity contribution in [3.05, 3.63) is 40.8 Å². The van der Waals surface area contributed by atoms with Crippen LogP contribution in [0.2, 0.25) is 0 Å². The van der Waals surface area contributed by atoms with Gasteiger partial charge in [-0.2, -0.15) is 0 Å². The molecule has 5 nitrogen and oxygen atoms in total. The zero-order chi connectivity index (χ0) is 19.7. The van der Waals surface area contributed by atoms with Crippen LogP contribution in [-0.4, -0.2) is 53.0 Å². The number of morpholine rings is 1. The van der Waals surface area contributed by atoms with Crippen LogP contribution in [0.4, 0.5) is 5.82 Å². The maximum absolute atomic E-state index is 12.9. The van der Waals surface area contributed by atoms with Crippen molar-refractivity contribution in [1.29, 1.82) is 0 Å². The number of carbonyl (C=O) groups excluding carboxylic acids is 1. The summed E-state index contributed by atoms with van der Waals surface area (Å²) in [6.07, 6.45) is 1.95. The number of ether oxygens (including phenoxy) is 1. The average Bonchev–Trinajstić information content (AvgIpc) is 2.95. The number of nitrogens with zero attached hydrogens (tertiary/aromatic N) is 3. The smallest absolute Gasteiger partial charge is 0.266 e. The summed E-state index contributed by atoms with van der Waals surface area (Å²) in [4.78, 5) is 22.4. The highest BCUT2D eigenvalue weighted by Crippen LogP contribution is 2.35. The molecule has 0 radical (unpaired) electrons. The summed E-state index contributed by atoms with van der Waals surface area (Å²) in [6.45, 7) is 7.78. The standard InChI is InChI=1S/C21H23N3O2S2/c1-14(2)13-24-20(25)18(28-21(24)27)12-16-11-15-5-3-4-6-17(15)22-19(16)23-7-9-26-10-8-23/h3-6,11-12,14H,7-10,13H2,1-2H3. The van der Waals surface area contributed by atoms with Crippen molar-refractivity contribution in [3.8, 4) is 0 Å². The zero-order valence-corrected chi connectivity index (χ0v) is 17.7. The van der Waals surface area contributed by atoms with E-state index < -0.39 is 0 Å². The van der Waals surface area contributed by atoms with Gasteiger partial charge in [-0.05, 0) is 24.1 Å². The number of para-hydroxylation sites is 1. The number of fused-ring (bicyclic) bond motifs is 1. The zero-order valence-electron chi connectivity index (χ0n) is 16.1. The molecule has 1 aromatic heterocycles. The molecule has 1 aromatic carbocycles. The third kappa shape index (κ3) is 3.92. The second kappa shape index (κ2) is 8.19. The average molecular weight is 414 g/mol. The third-order valence-corrected chi connectivity index (χ3v) is 6.13. The van der Waals surface area contributed by atoms with Crippen LogP contribution in [0.3, 0.4) is 0 Å². The molecule has 28 heavy (non-hydrogen) atoms. The maximum Gasteiger partial charge on any atom is 0.266 e. The van der Waals surface area contributed by atoms with E-state index in [1.807, 2.05) is 30.3 Å². The fourth-order valence-electron chi connectivity index (χ4n) is 3.42. The Bertz CT molecular complexity index is 952. The van der Waals surface area contributed by atoms with Crippen LogP contribution >= 0.6 is 24.0 Å². The normalized spacial score (nSPS) is 19.5. The summed E-state index contributed by atoms with van der Waals surface area (Å²) < 4.78 is 6.13. The fourth-order valence-corrected chi connectivity index (χ4v) is 4.69. The molecule has 0 saturated carbocycles. The number of carbonyl (C=O) groups is 1. The number of amides is 1. The van der Waals surface area contributed by atoms with Crippen LogP contribution in [0, 0.1) is 5.92 Å². The van der Waals surface area contributed by atoms with Gasteiger partial charge >= 0.3 is 0 Å². The first-order valence-corrected chi connectivity index (χ1v) is 10.7. The number of hydrogen-bond acceptors (Lipinski definition) is 6. The summed E-state index contributed by atoms with van der Waals surface area (Å²) in [7, 11) is 0. The van der Waals surface area contributed by atoms with Gasteiger partial charge in [0.25, 0.3) is 5.91 Å². The van der Waals surface area contributed by atoms with Gasteiger partial charge in [0.15, 0.2) is 0 Å². The molecule has 7 heteroatoms. The van der Waals surface area contributed by atoms with Gasteiger partial charge in [0.05, 0.1) is 23.6 Å². The number of thiocarbonyl (C=S) groups is 1. The molecule has 0 aliphatic carbocycles. The summed E-state index contributed by atoms with van der Waals surface area (Å²) in [5, 5.41) is 1.06. The number of hydrogen-bond donors (Lipinski definition) is 0. The molecule has 146 valence electrons. The number of benzene rings is 1. The van der Waals surface area contributed by atoms with Crippen molar-refractivity contribution in [3.63, 3.8) is 0 Å². The number of thioether (sulfide) groups is 1. The van der Waals surface area contributed by atoms with E-state index in [0.29, 0.717) is 34.9 Å². The van der Waals surface area contributed by atoms with Gasteiger partial charge < -0.3 is 9.64 Å². The van der Waals surface area contributed by atoms with Crippen LogP contribution in [-0.2, 0) is 9.53 Å². The van der Waals surface area contributed by atoms with Crippen molar-refractivity contribution >= 4 is 57.0 Å². The van der Waals surface area contributed by atoms with Gasteiger partial charge in [0, 0.05) is 30.6 Å². The Morgan fingerprint density at radius 2 is 2.04 bits per heavy atom. The molecular weight excluding hydrogens is 390 g/mol. The number of anilines is 1. The van der Waals surface area contributed by atoms with Gasteiger partial charge in [-0.25, -0.2) is 4.98 Å². The Kier molecular flexibility index (Phi) is 5.66. The van der Waals surface area contributed by atoms with Crippen molar-refractivity contribution in [2.75, 3.05) is 37.7 Å². The molecule has 0 N–H and O–H groups in total. The lowest BCUT2D eigenvalue weighted by Crippen LogP contribution is -2.37. The predicted octanol–water partition coefficient (Wildman–Crippen LogP) is 3.93. The lowest BCUT2D eigenvalue weighted by molar-refractivity contribution is -0.122. The summed E-state index contributed by atoms with van der Waals surface area (Å²) in [5.74, 6) is 1.26. The van der Waals surface area contributed by atoms with Crippen molar-refractivity contribution < 1.29 is 9.53 Å². The predicted molar refractivity (Wildman–Crippen MR) is 119 cm³/mol. The molecule has 4 rings (SSSR count). The van der Waals surface area contributed by atoms with E-state index >= 15 is 0 Å². The van der Waals surface area contributed by atoms with Crippen LogP contribution < -0.4 is 4.90 Å². The first kappa shape index (κ1) is 19.4. The van der Waals surface area contributed by atoms with Crippen LogP contribution in [0.25, 0.3) is 17.0 Å². The van der Waals surface area contributed by atoms with E-state index in [1.54, 1.807) is 4.90 Å². The largest absolute Gasteiger partial charge is 0.378 e. The molecular formula is C21H23N3O2S2. The first-order valence-electron chi connectivity index (χ1n) is 9.51. The van der Waals surface area contributed by atoms with Crippen molar-refractivity contribution in [1.82, 2.24) is 9.88 Å². The van der Waals surface area contributed by atoms with E-state index in [4.69, 9.17) is 21.9 Å². The number of rotatable bonds is 4. The number of pyridine rings is 1. The van der Waals surface area contributed by atoms with Crippen molar-refractivity contribution in [2.45, 2.75) is 13.8 Å². The van der Waals surface area contributed by atoms with Crippen LogP contribution in [0.15, 0.2) is 35.2 Å². The molecule has 2 aromatic rings. The monoisotopic (exact) mass is 413 g/mol. The number of aromatic nitrogens is 1. The Morgan fingerprint density at radius 3 is 2.79 bits per heavy atom. The van der Waals surface area contributed by atoms with Gasteiger partial charge in [-0.15, -0.1) is 0 Å². The molecule has 0 spiro atoms. The van der Waals surface area contributed by atoms with Crippen LogP contribution in [0.1, 0.15) is 19.4 Å². The topological polar surface area (TPSA) is 45.7 Å². The van der Waals surface area contributed by atoms with Crippen LogP contribution in [0.5, 0.6) is 0 Å². The lowest BCUT2D eigenvalue weighted by Gasteiger charge is -2.29. The Morgan fingerprint density at radius 1 is 1.29 bits per heavy atom. The quantitative estimate of drug-likeness (QED) is 0.559. The summed E-state index contributed by atoms with van der Waals surface area (Å²) in [6, 6.07) is 10.2. The van der Waals surface area contributed by atoms with Gasteiger partial charge in [0.2, 0.25) is 0 Å². The molecule has 2 aliphatic heterocycles. The van der Waals surface area contributed by atoms with E-state index in [0.717, 1.165) is 35.4 Å². The molecule has 2 fully saturated rings. The molecule has 0 bridgehead atoms. The van der Waals surface area contributed by atoms with Gasteiger partial charge in [-0.3, -0.25) is 9.69 Å². The Hall–Kier alpha value is -1.96. The molecule has 1 amide bonds. The SMILES string of the molecule is CC(C)CN1C(=O)C(=Cc2cc3ccccc3nc2N2CCOCC2)SC1=S. The molecule has 2 saturated heterocycles. The Labute approximate surface area is 174 Å². The van der Waals surface area contributed by atoms with Gasteiger partial charge in [-0.1, -0.05) is 56.0 Å². The minimum absolute atomic E-state index is 0.00946. The highest BCUT2D eigenvalue weighted by atomic mass is 32.2. The van der Waals surface area contributed by atoms with E-state index in [1.165, 1.54) is 11.8 Å². The van der Waals surface area contributed by atoms with E-state index in [-0.39, 0.29) is 5.91 Å². The first-order chi connectivity index (χ1) is 13.5. The van der Waals surface area contributed by atoms with Gasteiger partial charge in [0.1, 0.15) is 10.1 Å². The minimum atomic E-state index is -0.00946. The van der Waals surface area contributed by atoms with Crippen molar-refractivity contribution in [2.24, 2.45) is 5.92 Å². The highest BCUT2D eigenvalue weighted by molar-refractivity contribution is 8.26. The van der Waals surface area contributed by atoms with E-state index in [9.17, 15) is 4.79 Å². The minimum Gasteiger partial charge on any atom is -0.378 e. The summed E-state index contributed by atoms with van der Waals surface area (Å²) in [5.41, 5.74) is 1.90. The Balaban J connectivity index is 1.75. The third-order valence-electron chi connectivity index (χ3n) is 4.75. The molecule has 0 unspecified atom stereocenters. The molecule has 2 aliphatic rings. The fraction of sp³-hybridized carbons (Fsp3) is 0.381. The maximum atomic E-state index is 12.9.